The molecule has 0 bridgehead atoms. The Labute approximate surface area is 183 Å². The molecule has 1 saturated heterocycles. The Balaban J connectivity index is 1.23. The topological polar surface area (TPSA) is 49.3 Å². The van der Waals surface area contributed by atoms with Crippen molar-refractivity contribution < 1.29 is 4.79 Å². The molecule has 2 aromatic heterocycles. The van der Waals surface area contributed by atoms with E-state index >= 15 is 0 Å². The number of aromatic nitrogens is 2. The van der Waals surface area contributed by atoms with Crippen molar-refractivity contribution in [3.63, 3.8) is 0 Å². The number of piperazine rings is 1. The number of carbonyl (C=O) groups is 1. The van der Waals surface area contributed by atoms with Gasteiger partial charge in [0.15, 0.2) is 0 Å². The van der Waals surface area contributed by atoms with Crippen LogP contribution in [0.25, 0.3) is 20.8 Å². The van der Waals surface area contributed by atoms with Crippen LogP contribution in [-0.4, -0.2) is 51.9 Å². The van der Waals surface area contributed by atoms with Crippen LogP contribution in [0, 0.1) is 6.92 Å². The van der Waals surface area contributed by atoms with E-state index in [0.717, 1.165) is 64.4 Å². The van der Waals surface area contributed by atoms with Gasteiger partial charge in [-0.3, -0.25) is 9.69 Å². The van der Waals surface area contributed by atoms with Gasteiger partial charge >= 0.3 is 0 Å². The number of amides is 1. The molecule has 1 amide bonds. The number of hydrogen-bond donors (Lipinski definition) is 0. The number of hydrogen-bond acceptors (Lipinski definition) is 6. The van der Waals surface area contributed by atoms with E-state index in [4.69, 9.17) is 4.98 Å². The van der Waals surface area contributed by atoms with Crippen LogP contribution < -0.4 is 0 Å². The van der Waals surface area contributed by atoms with Gasteiger partial charge in [-0.05, 0) is 19.1 Å². The van der Waals surface area contributed by atoms with Crippen molar-refractivity contribution >= 4 is 38.8 Å². The third-order valence-corrected chi connectivity index (χ3v) is 7.58. The number of nitrogens with zero attached hydrogens (tertiary/aromatic N) is 4. The maximum absolute atomic E-state index is 13.1. The van der Waals surface area contributed by atoms with Crippen molar-refractivity contribution in [2.45, 2.75) is 13.5 Å². The zero-order valence-corrected chi connectivity index (χ0v) is 18.4. The smallest absolute Gasteiger partial charge is 0.265 e. The second kappa shape index (κ2) is 8.26. The first-order chi connectivity index (χ1) is 14.7. The van der Waals surface area contributed by atoms with E-state index < -0.39 is 0 Å². The molecular formula is C23H22N4OS2. The molecular weight excluding hydrogens is 412 g/mol. The van der Waals surface area contributed by atoms with Gasteiger partial charge in [-0.25, -0.2) is 9.97 Å². The molecule has 30 heavy (non-hydrogen) atoms. The van der Waals surface area contributed by atoms with E-state index in [1.807, 2.05) is 48.2 Å². The Morgan fingerprint density at radius 2 is 1.67 bits per heavy atom. The Morgan fingerprint density at radius 1 is 0.933 bits per heavy atom. The fourth-order valence-electron chi connectivity index (χ4n) is 3.73. The SMILES string of the molecule is Cc1nc(-c2ccccc2)sc1C(=O)N1CCN(Cc2nc3ccccc3s2)CC1. The van der Waals surface area contributed by atoms with Gasteiger partial charge in [-0.1, -0.05) is 42.5 Å². The first kappa shape index (κ1) is 19.4. The summed E-state index contributed by atoms with van der Waals surface area (Å²) in [5.74, 6) is 0.104. The predicted octanol–water partition coefficient (Wildman–Crippen LogP) is 4.69. The van der Waals surface area contributed by atoms with Crippen LogP contribution in [0.5, 0.6) is 0 Å². The third kappa shape index (κ3) is 3.88. The summed E-state index contributed by atoms with van der Waals surface area (Å²) in [6.07, 6.45) is 0. The van der Waals surface area contributed by atoms with Gasteiger partial charge in [0.2, 0.25) is 0 Å². The highest BCUT2D eigenvalue weighted by Crippen LogP contribution is 2.29. The molecule has 0 saturated carbocycles. The van der Waals surface area contributed by atoms with Crippen molar-refractivity contribution in [1.82, 2.24) is 19.8 Å². The van der Waals surface area contributed by atoms with Crippen molar-refractivity contribution in [3.8, 4) is 10.6 Å². The van der Waals surface area contributed by atoms with Gasteiger partial charge in [-0.2, -0.15) is 0 Å². The average molecular weight is 435 g/mol. The average Bonchev–Trinajstić information content (AvgIpc) is 3.37. The van der Waals surface area contributed by atoms with Crippen LogP contribution in [0.3, 0.4) is 0 Å². The number of para-hydroxylation sites is 1. The maximum Gasteiger partial charge on any atom is 0.265 e. The lowest BCUT2D eigenvalue weighted by molar-refractivity contribution is 0.0632. The van der Waals surface area contributed by atoms with Crippen molar-refractivity contribution in [3.05, 3.63) is 70.2 Å². The summed E-state index contributed by atoms with van der Waals surface area (Å²) in [5, 5.41) is 2.05. The van der Waals surface area contributed by atoms with Gasteiger partial charge < -0.3 is 4.90 Å². The Hall–Kier alpha value is -2.61. The zero-order chi connectivity index (χ0) is 20.5. The van der Waals surface area contributed by atoms with Gasteiger partial charge in [0.25, 0.3) is 5.91 Å². The number of rotatable bonds is 4. The molecule has 5 rings (SSSR count). The van der Waals surface area contributed by atoms with E-state index in [-0.39, 0.29) is 5.91 Å². The van der Waals surface area contributed by atoms with Crippen LogP contribution in [0.15, 0.2) is 54.6 Å². The number of fused-ring (bicyclic) bond motifs is 1. The van der Waals surface area contributed by atoms with Gasteiger partial charge in [0.1, 0.15) is 14.9 Å². The quantitative estimate of drug-likeness (QED) is 0.468. The minimum absolute atomic E-state index is 0.104. The summed E-state index contributed by atoms with van der Waals surface area (Å²) in [6, 6.07) is 18.3. The number of thiazole rings is 2. The summed E-state index contributed by atoms with van der Waals surface area (Å²) in [7, 11) is 0. The monoisotopic (exact) mass is 434 g/mol. The van der Waals surface area contributed by atoms with E-state index in [9.17, 15) is 4.79 Å². The second-order valence-corrected chi connectivity index (χ2v) is 9.56. The third-order valence-electron chi connectivity index (χ3n) is 5.37. The molecule has 1 aliphatic rings. The molecule has 4 aromatic rings. The lowest BCUT2D eigenvalue weighted by Crippen LogP contribution is -2.48. The molecule has 5 nitrogen and oxygen atoms in total. The van der Waals surface area contributed by atoms with Crippen LogP contribution in [0.4, 0.5) is 0 Å². The molecule has 0 N–H and O–H groups in total. The number of carbonyl (C=O) groups excluding carboxylic acids is 1. The largest absolute Gasteiger partial charge is 0.335 e. The first-order valence-corrected chi connectivity index (χ1v) is 11.7. The summed E-state index contributed by atoms with van der Waals surface area (Å²) >= 11 is 3.25. The Kier molecular flexibility index (Phi) is 5.33. The Morgan fingerprint density at radius 3 is 2.43 bits per heavy atom. The van der Waals surface area contributed by atoms with Gasteiger partial charge in [0.05, 0.1) is 22.5 Å². The highest BCUT2D eigenvalue weighted by atomic mass is 32.1. The fourth-order valence-corrected chi connectivity index (χ4v) is 5.78. The molecule has 7 heteroatoms. The zero-order valence-electron chi connectivity index (χ0n) is 16.7. The summed E-state index contributed by atoms with van der Waals surface area (Å²) in [4.78, 5) is 27.6. The second-order valence-electron chi connectivity index (χ2n) is 7.44. The van der Waals surface area contributed by atoms with Crippen LogP contribution in [-0.2, 0) is 6.54 Å². The molecule has 152 valence electrons. The summed E-state index contributed by atoms with van der Waals surface area (Å²) < 4.78 is 1.23. The van der Waals surface area contributed by atoms with E-state index in [1.54, 1.807) is 11.3 Å². The Bertz CT molecular complexity index is 1140. The van der Waals surface area contributed by atoms with Gasteiger partial charge in [0, 0.05) is 31.7 Å². The minimum atomic E-state index is 0.104. The van der Waals surface area contributed by atoms with Crippen molar-refractivity contribution in [2.24, 2.45) is 0 Å². The summed E-state index contributed by atoms with van der Waals surface area (Å²) in [5.41, 5.74) is 2.95. The summed E-state index contributed by atoms with van der Waals surface area (Å²) in [6.45, 7) is 5.98. The van der Waals surface area contributed by atoms with Gasteiger partial charge in [-0.15, -0.1) is 22.7 Å². The molecule has 1 fully saturated rings. The van der Waals surface area contributed by atoms with E-state index in [1.165, 1.54) is 16.0 Å². The lowest BCUT2D eigenvalue weighted by Gasteiger charge is -2.34. The standard InChI is InChI=1S/C23H22N4OS2/c1-16-21(30-22(24-16)17-7-3-2-4-8-17)23(28)27-13-11-26(12-14-27)15-20-25-18-9-5-6-10-19(18)29-20/h2-10H,11-15H2,1H3. The molecule has 0 aliphatic carbocycles. The minimum Gasteiger partial charge on any atom is -0.335 e. The lowest BCUT2D eigenvalue weighted by atomic mass is 10.2. The molecule has 3 heterocycles. The van der Waals surface area contributed by atoms with E-state index in [0.29, 0.717) is 0 Å². The van der Waals surface area contributed by atoms with E-state index in [2.05, 4.69) is 28.1 Å². The molecule has 0 atom stereocenters. The van der Waals surface area contributed by atoms with Crippen molar-refractivity contribution in [1.29, 1.82) is 0 Å². The highest BCUT2D eigenvalue weighted by molar-refractivity contribution is 7.18. The van der Waals surface area contributed by atoms with Crippen molar-refractivity contribution in [2.75, 3.05) is 26.2 Å². The van der Waals surface area contributed by atoms with Crippen LogP contribution in [0.2, 0.25) is 0 Å². The number of aryl methyl sites for hydroxylation is 1. The molecule has 0 unspecified atom stereocenters. The normalized spacial score (nSPS) is 15.0. The molecule has 0 radical (unpaired) electrons. The fraction of sp³-hybridized carbons (Fsp3) is 0.261. The molecule has 0 spiro atoms. The van der Waals surface area contributed by atoms with Crippen LogP contribution in [0.1, 0.15) is 20.4 Å². The highest BCUT2D eigenvalue weighted by Gasteiger charge is 2.26. The number of benzene rings is 2. The first-order valence-electron chi connectivity index (χ1n) is 10.1. The van der Waals surface area contributed by atoms with Crippen LogP contribution >= 0.6 is 22.7 Å². The molecule has 2 aromatic carbocycles. The molecule has 1 aliphatic heterocycles. The predicted molar refractivity (Wildman–Crippen MR) is 123 cm³/mol. The maximum atomic E-state index is 13.1.